The molecule has 0 fully saturated rings. The molecule has 0 saturated carbocycles. The monoisotopic (exact) mass is 430 g/mol. The second-order valence-electron chi connectivity index (χ2n) is 7.21. The second kappa shape index (κ2) is 8.97. The van der Waals surface area contributed by atoms with E-state index in [1.165, 1.54) is 0 Å². The van der Waals surface area contributed by atoms with Crippen molar-refractivity contribution in [2.45, 2.75) is 20.5 Å². The summed E-state index contributed by atoms with van der Waals surface area (Å²) in [5.41, 5.74) is 4.96. The predicted octanol–water partition coefficient (Wildman–Crippen LogP) is 4.66. The molecule has 6 nitrogen and oxygen atoms in total. The summed E-state index contributed by atoms with van der Waals surface area (Å²) in [4.78, 5) is 17.1. The molecule has 2 heterocycles. The van der Waals surface area contributed by atoms with E-state index in [1.807, 2.05) is 85.1 Å². The van der Waals surface area contributed by atoms with E-state index in [0.717, 1.165) is 28.2 Å². The van der Waals surface area contributed by atoms with Gasteiger partial charge in [-0.3, -0.25) is 10.1 Å². The van der Waals surface area contributed by atoms with E-state index in [-0.39, 0.29) is 11.0 Å². The molecule has 7 heteroatoms. The van der Waals surface area contributed by atoms with Gasteiger partial charge >= 0.3 is 0 Å². The highest BCUT2D eigenvalue weighted by molar-refractivity contribution is 7.80. The number of carbonyl (C=O) groups excluding carboxylic acids is 1. The number of nitrogens with zero attached hydrogens (tertiary/aromatic N) is 2. The number of thiocarbonyl (C=S) groups is 1. The summed E-state index contributed by atoms with van der Waals surface area (Å²) in [5.74, 6) is 0.392. The number of nitrogens with one attached hydrogen (secondary N) is 2. The van der Waals surface area contributed by atoms with Crippen molar-refractivity contribution in [2.24, 2.45) is 0 Å². The van der Waals surface area contributed by atoms with E-state index in [4.69, 9.17) is 17.0 Å². The maximum absolute atomic E-state index is 12.7. The zero-order chi connectivity index (χ0) is 21.8. The number of hydrogen-bond acceptors (Lipinski definition) is 4. The Balaban J connectivity index is 1.39. The Hall–Kier alpha value is -3.71. The fraction of sp³-hybridized carbons (Fsp3) is 0.125. The van der Waals surface area contributed by atoms with Crippen LogP contribution in [0.3, 0.4) is 0 Å². The van der Waals surface area contributed by atoms with Gasteiger partial charge in [-0.15, -0.1) is 0 Å². The summed E-state index contributed by atoms with van der Waals surface area (Å²) in [6.45, 7) is 4.34. The minimum atomic E-state index is -0.313. The van der Waals surface area contributed by atoms with Gasteiger partial charge in [0.2, 0.25) is 0 Å². The Bertz CT molecular complexity index is 1250. The number of carbonyl (C=O) groups is 1. The van der Waals surface area contributed by atoms with Crippen LogP contribution in [-0.4, -0.2) is 20.4 Å². The molecule has 0 unspecified atom stereocenters. The fourth-order valence-electron chi connectivity index (χ4n) is 3.26. The van der Waals surface area contributed by atoms with Crippen molar-refractivity contribution in [2.75, 3.05) is 5.32 Å². The normalized spacial score (nSPS) is 10.6. The molecule has 0 spiro atoms. The van der Waals surface area contributed by atoms with Gasteiger partial charge in [0.15, 0.2) is 5.11 Å². The van der Waals surface area contributed by atoms with Crippen LogP contribution in [0.2, 0.25) is 0 Å². The lowest BCUT2D eigenvalue weighted by atomic mass is 10.2. The smallest absolute Gasteiger partial charge is 0.260 e. The van der Waals surface area contributed by atoms with Gasteiger partial charge < -0.3 is 14.5 Å². The Morgan fingerprint density at radius 3 is 2.71 bits per heavy atom. The summed E-state index contributed by atoms with van der Waals surface area (Å²) in [6.07, 6.45) is 3.52. The summed E-state index contributed by atoms with van der Waals surface area (Å²) in [6, 6.07) is 19.3. The lowest BCUT2D eigenvalue weighted by Gasteiger charge is -2.13. The standard InChI is InChI=1S/C24H22N4O2S/c1-16-11-22-25-13-21(17(2)28(22)14-16)23(29)27-24(31)26-19-9-6-10-20(12-19)30-15-18-7-4-3-5-8-18/h3-14H,15H2,1-2H3,(H2,26,27,29,31). The van der Waals surface area contributed by atoms with Gasteiger partial charge in [0.1, 0.15) is 18.0 Å². The first-order valence-electron chi connectivity index (χ1n) is 9.83. The van der Waals surface area contributed by atoms with Crippen LogP contribution < -0.4 is 15.4 Å². The quantitative estimate of drug-likeness (QED) is 0.451. The molecule has 0 aliphatic rings. The molecule has 2 aromatic heterocycles. The first-order valence-corrected chi connectivity index (χ1v) is 10.2. The number of amides is 1. The number of rotatable bonds is 5. The van der Waals surface area contributed by atoms with Crippen LogP contribution in [-0.2, 0) is 6.61 Å². The average Bonchev–Trinajstić information content (AvgIpc) is 3.14. The Morgan fingerprint density at radius 1 is 1.10 bits per heavy atom. The first-order chi connectivity index (χ1) is 15.0. The molecule has 0 saturated heterocycles. The molecule has 31 heavy (non-hydrogen) atoms. The Morgan fingerprint density at radius 2 is 1.90 bits per heavy atom. The SMILES string of the molecule is Cc1cc2ncc(C(=O)NC(=S)Nc3cccc(OCc4ccccc4)c3)c(C)n2c1. The van der Waals surface area contributed by atoms with Gasteiger partial charge in [-0.2, -0.15) is 0 Å². The molecular weight excluding hydrogens is 408 g/mol. The van der Waals surface area contributed by atoms with Gasteiger partial charge in [-0.1, -0.05) is 36.4 Å². The fourth-order valence-corrected chi connectivity index (χ4v) is 3.47. The molecule has 1 amide bonds. The summed E-state index contributed by atoms with van der Waals surface area (Å²) < 4.78 is 7.74. The molecule has 2 aromatic carbocycles. The molecule has 156 valence electrons. The van der Waals surface area contributed by atoms with E-state index in [0.29, 0.717) is 17.9 Å². The third-order valence-electron chi connectivity index (χ3n) is 4.83. The number of fused-ring (bicyclic) bond motifs is 1. The highest BCUT2D eigenvalue weighted by atomic mass is 32.1. The van der Waals surface area contributed by atoms with Gasteiger partial charge in [0.25, 0.3) is 5.91 Å². The van der Waals surface area contributed by atoms with Gasteiger partial charge in [0.05, 0.1) is 5.56 Å². The minimum Gasteiger partial charge on any atom is -0.489 e. The molecular formula is C24H22N4O2S. The van der Waals surface area contributed by atoms with Crippen LogP contribution in [0.1, 0.15) is 27.2 Å². The first kappa shape index (κ1) is 20.6. The van der Waals surface area contributed by atoms with Crippen molar-refractivity contribution in [1.82, 2.24) is 14.7 Å². The summed E-state index contributed by atoms with van der Waals surface area (Å²) in [7, 11) is 0. The molecule has 0 atom stereocenters. The highest BCUT2D eigenvalue weighted by Gasteiger charge is 2.14. The lowest BCUT2D eigenvalue weighted by Crippen LogP contribution is -2.34. The molecule has 4 rings (SSSR count). The number of hydrogen-bond donors (Lipinski definition) is 2. The Labute approximate surface area is 185 Å². The zero-order valence-electron chi connectivity index (χ0n) is 17.3. The van der Waals surface area contributed by atoms with Crippen LogP contribution in [0.25, 0.3) is 5.65 Å². The van der Waals surface area contributed by atoms with Crippen molar-refractivity contribution < 1.29 is 9.53 Å². The van der Waals surface area contributed by atoms with Crippen molar-refractivity contribution in [3.63, 3.8) is 0 Å². The minimum absolute atomic E-state index is 0.202. The largest absolute Gasteiger partial charge is 0.489 e. The zero-order valence-corrected chi connectivity index (χ0v) is 18.1. The third kappa shape index (κ3) is 4.90. The van der Waals surface area contributed by atoms with Crippen molar-refractivity contribution in [3.8, 4) is 5.75 Å². The van der Waals surface area contributed by atoms with Gasteiger partial charge in [0, 0.05) is 29.8 Å². The molecule has 0 aliphatic heterocycles. The second-order valence-corrected chi connectivity index (χ2v) is 7.62. The lowest BCUT2D eigenvalue weighted by molar-refractivity contribution is 0.0976. The van der Waals surface area contributed by atoms with Crippen LogP contribution in [0.5, 0.6) is 5.75 Å². The van der Waals surface area contributed by atoms with Crippen molar-refractivity contribution in [3.05, 3.63) is 95.4 Å². The van der Waals surface area contributed by atoms with Crippen LogP contribution >= 0.6 is 12.2 Å². The van der Waals surface area contributed by atoms with Crippen molar-refractivity contribution in [1.29, 1.82) is 0 Å². The van der Waals surface area contributed by atoms with E-state index < -0.39 is 0 Å². The van der Waals surface area contributed by atoms with Crippen LogP contribution in [0.15, 0.2) is 73.1 Å². The van der Waals surface area contributed by atoms with Gasteiger partial charge in [-0.05, 0) is 55.4 Å². The van der Waals surface area contributed by atoms with E-state index in [1.54, 1.807) is 6.20 Å². The average molecular weight is 431 g/mol. The predicted molar refractivity (Wildman–Crippen MR) is 126 cm³/mol. The van der Waals surface area contributed by atoms with Gasteiger partial charge in [-0.25, -0.2) is 4.98 Å². The Kier molecular flexibility index (Phi) is 5.95. The maximum Gasteiger partial charge on any atom is 0.260 e. The van der Waals surface area contributed by atoms with Crippen molar-refractivity contribution >= 4 is 34.6 Å². The maximum atomic E-state index is 12.7. The van der Waals surface area contributed by atoms with Crippen LogP contribution in [0.4, 0.5) is 5.69 Å². The summed E-state index contributed by atoms with van der Waals surface area (Å²) in [5, 5.41) is 5.96. The molecule has 0 bridgehead atoms. The highest BCUT2D eigenvalue weighted by Crippen LogP contribution is 2.19. The van der Waals surface area contributed by atoms with E-state index >= 15 is 0 Å². The van der Waals surface area contributed by atoms with Crippen LogP contribution in [0, 0.1) is 13.8 Å². The third-order valence-corrected chi connectivity index (χ3v) is 5.03. The molecule has 2 N–H and O–H groups in total. The molecule has 0 radical (unpaired) electrons. The number of aromatic nitrogens is 2. The number of benzene rings is 2. The topological polar surface area (TPSA) is 67.7 Å². The van der Waals surface area contributed by atoms with E-state index in [2.05, 4.69) is 15.6 Å². The number of aryl methyl sites for hydroxylation is 2. The molecule has 4 aromatic rings. The molecule has 0 aliphatic carbocycles. The number of ether oxygens (including phenoxy) is 1. The summed E-state index contributed by atoms with van der Waals surface area (Å²) >= 11 is 5.33. The van der Waals surface area contributed by atoms with E-state index in [9.17, 15) is 4.79 Å². The number of anilines is 1.